The summed E-state index contributed by atoms with van der Waals surface area (Å²) >= 11 is 0. The Morgan fingerprint density at radius 2 is 2.08 bits per heavy atom. The van der Waals surface area contributed by atoms with E-state index < -0.39 is 24.4 Å². The second-order valence-electron chi connectivity index (χ2n) is 5.96. The van der Waals surface area contributed by atoms with E-state index in [1.54, 1.807) is 7.05 Å². The predicted octanol–water partition coefficient (Wildman–Crippen LogP) is 2.31. The fourth-order valence-corrected chi connectivity index (χ4v) is 2.79. The number of aliphatic imine (C=N–C) groups is 1. The topological polar surface area (TPSA) is 39.7 Å². The molecule has 0 aliphatic carbocycles. The maximum Gasteiger partial charge on any atom is 0.401 e. The molecule has 0 spiro atoms. The van der Waals surface area contributed by atoms with Crippen LogP contribution in [0.15, 0.2) is 23.2 Å². The van der Waals surface area contributed by atoms with E-state index in [1.165, 1.54) is 4.90 Å². The molecule has 140 valence electrons. The molecule has 0 bridgehead atoms. The van der Waals surface area contributed by atoms with Gasteiger partial charge in [0.1, 0.15) is 11.6 Å². The van der Waals surface area contributed by atoms with Gasteiger partial charge in [0, 0.05) is 32.7 Å². The lowest BCUT2D eigenvalue weighted by molar-refractivity contribution is -0.143. The highest BCUT2D eigenvalue weighted by Gasteiger charge is 2.34. The molecule has 0 radical (unpaired) electrons. The van der Waals surface area contributed by atoms with Gasteiger partial charge in [-0.25, -0.2) is 8.78 Å². The van der Waals surface area contributed by atoms with Gasteiger partial charge in [0.05, 0.1) is 6.54 Å². The number of rotatable bonds is 5. The van der Waals surface area contributed by atoms with E-state index in [1.807, 2.05) is 0 Å². The lowest BCUT2D eigenvalue weighted by Crippen LogP contribution is -2.45. The molecule has 25 heavy (non-hydrogen) atoms. The molecule has 1 unspecified atom stereocenters. The summed E-state index contributed by atoms with van der Waals surface area (Å²) in [4.78, 5) is 5.35. The second kappa shape index (κ2) is 8.46. The van der Waals surface area contributed by atoms with Gasteiger partial charge in [0.25, 0.3) is 0 Å². The van der Waals surface area contributed by atoms with Crippen molar-refractivity contribution in [3.63, 3.8) is 0 Å². The van der Waals surface area contributed by atoms with Crippen LogP contribution in [-0.4, -0.2) is 56.3 Å². The van der Waals surface area contributed by atoms with Crippen molar-refractivity contribution in [3.8, 4) is 0 Å². The summed E-state index contributed by atoms with van der Waals surface area (Å²) in [6.07, 6.45) is -3.37. The van der Waals surface area contributed by atoms with E-state index in [2.05, 4.69) is 15.6 Å². The number of guanidine groups is 1. The van der Waals surface area contributed by atoms with Crippen LogP contribution >= 0.6 is 0 Å². The average Bonchev–Trinajstić information content (AvgIpc) is 2.94. The van der Waals surface area contributed by atoms with Crippen LogP contribution in [0.3, 0.4) is 0 Å². The van der Waals surface area contributed by atoms with E-state index in [4.69, 9.17) is 0 Å². The number of likely N-dealkylation sites (tertiary alicyclic amines) is 1. The summed E-state index contributed by atoms with van der Waals surface area (Å²) in [5.74, 6) is -0.560. The standard InChI is InChI=1S/C16H21F5N4/c1-22-15(23-6-4-11-8-12(17)2-3-14(11)18)24-13-5-7-25(9-13)10-16(19,20)21/h2-3,8,13H,4-7,9-10H2,1H3,(H2,22,23,24). The number of alkyl halides is 3. The summed E-state index contributed by atoms with van der Waals surface area (Å²) in [5.41, 5.74) is 0.250. The third kappa shape index (κ3) is 6.49. The van der Waals surface area contributed by atoms with Crippen molar-refractivity contribution in [3.05, 3.63) is 35.4 Å². The average molecular weight is 364 g/mol. The minimum Gasteiger partial charge on any atom is -0.356 e. The molecule has 1 aromatic carbocycles. The van der Waals surface area contributed by atoms with Gasteiger partial charge < -0.3 is 10.6 Å². The van der Waals surface area contributed by atoms with Crippen LogP contribution in [0, 0.1) is 11.6 Å². The smallest absolute Gasteiger partial charge is 0.356 e. The van der Waals surface area contributed by atoms with Gasteiger partial charge >= 0.3 is 6.18 Å². The van der Waals surface area contributed by atoms with Gasteiger partial charge in [0.15, 0.2) is 5.96 Å². The maximum absolute atomic E-state index is 13.5. The van der Waals surface area contributed by atoms with Crippen LogP contribution in [0.1, 0.15) is 12.0 Å². The molecule has 2 N–H and O–H groups in total. The number of nitrogens with one attached hydrogen (secondary N) is 2. The minimum absolute atomic E-state index is 0.139. The van der Waals surface area contributed by atoms with Gasteiger partial charge in [-0.05, 0) is 36.6 Å². The monoisotopic (exact) mass is 364 g/mol. The first-order valence-electron chi connectivity index (χ1n) is 7.97. The van der Waals surface area contributed by atoms with Gasteiger partial charge in [-0.1, -0.05) is 0 Å². The number of nitrogens with zero attached hydrogens (tertiary/aromatic N) is 2. The van der Waals surface area contributed by atoms with Crippen molar-refractivity contribution >= 4 is 5.96 Å². The summed E-state index contributed by atoms with van der Waals surface area (Å²) < 4.78 is 63.8. The van der Waals surface area contributed by atoms with Gasteiger partial charge in [-0.15, -0.1) is 0 Å². The highest BCUT2D eigenvalue weighted by molar-refractivity contribution is 5.80. The minimum atomic E-state index is -4.20. The van der Waals surface area contributed by atoms with E-state index in [-0.39, 0.29) is 24.6 Å². The predicted molar refractivity (Wildman–Crippen MR) is 85.5 cm³/mol. The first kappa shape index (κ1) is 19.4. The molecule has 9 heteroatoms. The summed E-state index contributed by atoms with van der Waals surface area (Å²) in [6, 6.07) is 3.13. The van der Waals surface area contributed by atoms with E-state index in [9.17, 15) is 22.0 Å². The zero-order valence-corrected chi connectivity index (χ0v) is 13.8. The quantitative estimate of drug-likeness (QED) is 0.479. The molecule has 1 aliphatic heterocycles. The van der Waals surface area contributed by atoms with Crippen molar-refractivity contribution < 1.29 is 22.0 Å². The number of hydrogen-bond acceptors (Lipinski definition) is 2. The lowest BCUT2D eigenvalue weighted by Gasteiger charge is -2.19. The Balaban J connectivity index is 1.77. The Kier molecular flexibility index (Phi) is 6.57. The Morgan fingerprint density at radius 3 is 2.76 bits per heavy atom. The summed E-state index contributed by atoms with van der Waals surface area (Å²) in [6.45, 7) is 0.0382. The molecular formula is C16H21F5N4. The molecule has 0 amide bonds. The molecule has 1 saturated heterocycles. The Hall–Kier alpha value is -1.90. The Morgan fingerprint density at radius 1 is 1.32 bits per heavy atom. The zero-order chi connectivity index (χ0) is 18.4. The van der Waals surface area contributed by atoms with E-state index >= 15 is 0 Å². The number of benzene rings is 1. The molecular weight excluding hydrogens is 343 g/mol. The Labute approximate surface area is 143 Å². The highest BCUT2D eigenvalue weighted by atomic mass is 19.4. The fraction of sp³-hybridized carbons (Fsp3) is 0.562. The molecule has 1 aromatic rings. The second-order valence-corrected chi connectivity index (χ2v) is 5.96. The molecule has 1 heterocycles. The largest absolute Gasteiger partial charge is 0.401 e. The van der Waals surface area contributed by atoms with Crippen LogP contribution in [0.25, 0.3) is 0 Å². The number of halogens is 5. The van der Waals surface area contributed by atoms with Gasteiger partial charge in [0.2, 0.25) is 0 Å². The van der Waals surface area contributed by atoms with Gasteiger partial charge in [-0.3, -0.25) is 9.89 Å². The van der Waals surface area contributed by atoms with Crippen LogP contribution < -0.4 is 10.6 Å². The SMILES string of the molecule is CN=C(NCCc1cc(F)ccc1F)NC1CCN(CC(F)(F)F)C1. The third-order valence-electron chi connectivity index (χ3n) is 3.93. The van der Waals surface area contributed by atoms with E-state index in [0.29, 0.717) is 25.5 Å². The van der Waals surface area contributed by atoms with Crippen LogP contribution in [-0.2, 0) is 6.42 Å². The molecule has 0 saturated carbocycles. The lowest BCUT2D eigenvalue weighted by atomic mass is 10.1. The highest BCUT2D eigenvalue weighted by Crippen LogP contribution is 2.19. The summed E-state index contributed by atoms with van der Waals surface area (Å²) in [5, 5.41) is 6.02. The first-order valence-corrected chi connectivity index (χ1v) is 7.97. The normalized spacial score (nSPS) is 19.3. The third-order valence-corrected chi connectivity index (χ3v) is 3.93. The van der Waals surface area contributed by atoms with Crippen molar-refractivity contribution in [2.75, 3.05) is 33.2 Å². The molecule has 1 aliphatic rings. The van der Waals surface area contributed by atoms with Crippen LogP contribution in [0.4, 0.5) is 22.0 Å². The first-order chi connectivity index (χ1) is 11.8. The molecule has 1 atom stereocenters. The molecule has 1 fully saturated rings. The van der Waals surface area contributed by atoms with Crippen molar-refractivity contribution in [2.24, 2.45) is 4.99 Å². The zero-order valence-electron chi connectivity index (χ0n) is 13.8. The maximum atomic E-state index is 13.5. The Bertz CT molecular complexity index is 603. The van der Waals surface area contributed by atoms with Crippen LogP contribution in [0.5, 0.6) is 0 Å². The molecule has 4 nitrogen and oxygen atoms in total. The van der Waals surface area contributed by atoms with E-state index in [0.717, 1.165) is 18.2 Å². The summed E-state index contributed by atoms with van der Waals surface area (Å²) in [7, 11) is 1.54. The van der Waals surface area contributed by atoms with Crippen LogP contribution in [0.2, 0.25) is 0 Å². The number of hydrogen-bond donors (Lipinski definition) is 2. The molecule has 0 aromatic heterocycles. The van der Waals surface area contributed by atoms with Gasteiger partial charge in [-0.2, -0.15) is 13.2 Å². The fourth-order valence-electron chi connectivity index (χ4n) is 2.79. The van der Waals surface area contributed by atoms with Crippen molar-refractivity contribution in [1.29, 1.82) is 0 Å². The van der Waals surface area contributed by atoms with Crippen molar-refractivity contribution in [1.82, 2.24) is 15.5 Å². The molecule has 2 rings (SSSR count). The van der Waals surface area contributed by atoms with Crippen molar-refractivity contribution in [2.45, 2.75) is 25.1 Å².